The van der Waals surface area contributed by atoms with Gasteiger partial charge in [-0.05, 0) is 24.6 Å². The van der Waals surface area contributed by atoms with E-state index in [1.807, 2.05) is 25.1 Å². The predicted octanol–water partition coefficient (Wildman–Crippen LogP) is 2.54. The second-order valence-electron chi connectivity index (χ2n) is 7.52. The van der Waals surface area contributed by atoms with Crippen molar-refractivity contribution < 1.29 is 14.3 Å². The summed E-state index contributed by atoms with van der Waals surface area (Å²) in [5.74, 6) is 0.407. The van der Waals surface area contributed by atoms with Crippen LogP contribution in [0.1, 0.15) is 18.9 Å². The summed E-state index contributed by atoms with van der Waals surface area (Å²) >= 11 is 0. The van der Waals surface area contributed by atoms with E-state index in [4.69, 9.17) is 4.74 Å². The van der Waals surface area contributed by atoms with Crippen LogP contribution in [0.15, 0.2) is 54.6 Å². The first kappa shape index (κ1) is 19.6. The summed E-state index contributed by atoms with van der Waals surface area (Å²) in [6.07, 6.45) is 0.246. The van der Waals surface area contributed by atoms with Gasteiger partial charge in [0.1, 0.15) is 5.75 Å². The van der Waals surface area contributed by atoms with Gasteiger partial charge in [-0.25, -0.2) is 4.90 Å². The molecular formula is C23H27N3O3. The van der Waals surface area contributed by atoms with Crippen molar-refractivity contribution in [1.29, 1.82) is 0 Å². The van der Waals surface area contributed by atoms with E-state index in [0.29, 0.717) is 18.0 Å². The van der Waals surface area contributed by atoms with Crippen LogP contribution >= 0.6 is 0 Å². The molecular weight excluding hydrogens is 366 g/mol. The van der Waals surface area contributed by atoms with E-state index in [1.54, 1.807) is 12.1 Å². The first-order valence-corrected chi connectivity index (χ1v) is 10.3. The molecule has 2 heterocycles. The van der Waals surface area contributed by atoms with E-state index in [0.717, 1.165) is 32.7 Å². The van der Waals surface area contributed by atoms with Gasteiger partial charge in [-0.2, -0.15) is 0 Å². The van der Waals surface area contributed by atoms with Crippen molar-refractivity contribution in [1.82, 2.24) is 9.80 Å². The van der Waals surface area contributed by atoms with Gasteiger partial charge in [-0.1, -0.05) is 36.4 Å². The Hall–Kier alpha value is -2.70. The summed E-state index contributed by atoms with van der Waals surface area (Å²) in [7, 11) is 0. The monoisotopic (exact) mass is 393 g/mol. The maximum Gasteiger partial charge on any atom is 0.251 e. The lowest BCUT2D eigenvalue weighted by molar-refractivity contribution is -0.123. The molecule has 2 aromatic rings. The molecule has 2 aliphatic heterocycles. The van der Waals surface area contributed by atoms with Crippen molar-refractivity contribution in [3.05, 3.63) is 60.2 Å². The van der Waals surface area contributed by atoms with E-state index >= 15 is 0 Å². The minimum Gasteiger partial charge on any atom is -0.494 e. The molecule has 2 aromatic carbocycles. The van der Waals surface area contributed by atoms with Crippen LogP contribution in [-0.2, 0) is 16.1 Å². The lowest BCUT2D eigenvalue weighted by atomic mass is 10.1. The maximum atomic E-state index is 13.1. The quantitative estimate of drug-likeness (QED) is 0.706. The topological polar surface area (TPSA) is 53.1 Å². The summed E-state index contributed by atoms with van der Waals surface area (Å²) in [6, 6.07) is 17.3. The lowest BCUT2D eigenvalue weighted by Crippen LogP contribution is -2.52. The SMILES string of the molecule is CCOc1cccc(N2C(=O)CC(N3CCN(Cc4ccccc4)CC3)C2=O)c1. The molecule has 0 saturated carbocycles. The standard InChI is InChI=1S/C23H27N3O3/c1-2-29-20-10-6-9-19(15-20)26-22(27)16-21(23(26)28)25-13-11-24(12-14-25)17-18-7-4-3-5-8-18/h3-10,15,21H,2,11-14,16-17H2,1H3. The van der Waals surface area contributed by atoms with Gasteiger partial charge < -0.3 is 4.74 Å². The normalized spacial score (nSPS) is 21.0. The van der Waals surface area contributed by atoms with Gasteiger partial charge in [0.25, 0.3) is 5.91 Å². The zero-order chi connectivity index (χ0) is 20.2. The van der Waals surface area contributed by atoms with E-state index in [2.05, 4.69) is 34.1 Å². The number of carbonyl (C=O) groups excluding carboxylic acids is 2. The zero-order valence-electron chi connectivity index (χ0n) is 16.8. The molecule has 0 radical (unpaired) electrons. The minimum absolute atomic E-state index is 0.125. The van der Waals surface area contributed by atoms with Crippen LogP contribution in [0, 0.1) is 0 Å². The van der Waals surface area contributed by atoms with Gasteiger partial charge in [0, 0.05) is 38.8 Å². The molecule has 1 atom stereocenters. The van der Waals surface area contributed by atoms with E-state index in [-0.39, 0.29) is 24.3 Å². The molecule has 152 valence electrons. The van der Waals surface area contributed by atoms with Crippen molar-refractivity contribution in [2.45, 2.75) is 25.9 Å². The second kappa shape index (κ2) is 8.76. The highest BCUT2D eigenvalue weighted by molar-refractivity contribution is 6.22. The number of hydrogen-bond donors (Lipinski definition) is 0. The number of anilines is 1. The predicted molar refractivity (Wildman–Crippen MR) is 112 cm³/mol. The van der Waals surface area contributed by atoms with Crippen LogP contribution in [-0.4, -0.2) is 60.4 Å². The third kappa shape index (κ3) is 4.33. The van der Waals surface area contributed by atoms with Crippen LogP contribution in [0.5, 0.6) is 5.75 Å². The summed E-state index contributed by atoms with van der Waals surface area (Å²) in [5, 5.41) is 0. The summed E-state index contributed by atoms with van der Waals surface area (Å²) in [4.78, 5) is 31.6. The van der Waals surface area contributed by atoms with Crippen LogP contribution in [0.3, 0.4) is 0 Å². The van der Waals surface area contributed by atoms with Crippen LogP contribution in [0.2, 0.25) is 0 Å². The highest BCUT2D eigenvalue weighted by atomic mass is 16.5. The van der Waals surface area contributed by atoms with Crippen molar-refractivity contribution in [2.75, 3.05) is 37.7 Å². The number of rotatable bonds is 6. The fourth-order valence-electron chi connectivity index (χ4n) is 4.13. The first-order chi connectivity index (χ1) is 14.2. The van der Waals surface area contributed by atoms with Crippen molar-refractivity contribution in [2.24, 2.45) is 0 Å². The molecule has 2 saturated heterocycles. The van der Waals surface area contributed by atoms with Crippen molar-refractivity contribution in [3.63, 3.8) is 0 Å². The molecule has 2 fully saturated rings. The van der Waals surface area contributed by atoms with E-state index in [1.165, 1.54) is 10.5 Å². The Morgan fingerprint density at radius 1 is 0.966 bits per heavy atom. The van der Waals surface area contributed by atoms with Gasteiger partial charge in [-0.15, -0.1) is 0 Å². The van der Waals surface area contributed by atoms with Crippen molar-refractivity contribution in [3.8, 4) is 5.75 Å². The number of hydrogen-bond acceptors (Lipinski definition) is 5. The molecule has 4 rings (SSSR count). The van der Waals surface area contributed by atoms with Crippen LogP contribution in [0.25, 0.3) is 0 Å². The highest BCUT2D eigenvalue weighted by Crippen LogP contribution is 2.29. The molecule has 2 amide bonds. The molecule has 29 heavy (non-hydrogen) atoms. The Labute approximate surface area is 171 Å². The van der Waals surface area contributed by atoms with Gasteiger partial charge in [0.2, 0.25) is 5.91 Å². The summed E-state index contributed by atoms with van der Waals surface area (Å²) in [6.45, 7) is 6.75. The average Bonchev–Trinajstić information content (AvgIpc) is 3.04. The van der Waals surface area contributed by atoms with Gasteiger partial charge in [0.05, 0.1) is 24.8 Å². The molecule has 0 aliphatic carbocycles. The largest absolute Gasteiger partial charge is 0.494 e. The van der Waals surface area contributed by atoms with Gasteiger partial charge in [-0.3, -0.25) is 19.4 Å². The maximum absolute atomic E-state index is 13.1. The Bertz CT molecular complexity index is 863. The van der Waals surface area contributed by atoms with E-state index in [9.17, 15) is 9.59 Å². The first-order valence-electron chi connectivity index (χ1n) is 10.3. The fraction of sp³-hybridized carbons (Fsp3) is 0.391. The van der Waals surface area contributed by atoms with Crippen molar-refractivity contribution >= 4 is 17.5 Å². The Balaban J connectivity index is 1.39. The molecule has 6 heteroatoms. The molecule has 0 bridgehead atoms. The van der Waals surface area contributed by atoms with Crippen LogP contribution in [0.4, 0.5) is 5.69 Å². The Morgan fingerprint density at radius 2 is 1.72 bits per heavy atom. The number of ether oxygens (including phenoxy) is 1. The molecule has 0 spiro atoms. The summed E-state index contributed by atoms with van der Waals surface area (Å²) in [5.41, 5.74) is 1.89. The van der Waals surface area contributed by atoms with Gasteiger partial charge >= 0.3 is 0 Å². The zero-order valence-corrected chi connectivity index (χ0v) is 16.8. The second-order valence-corrected chi connectivity index (χ2v) is 7.52. The highest BCUT2D eigenvalue weighted by Gasteiger charge is 2.43. The summed E-state index contributed by atoms with van der Waals surface area (Å²) < 4.78 is 5.52. The number of nitrogens with zero attached hydrogens (tertiary/aromatic N) is 3. The number of piperazine rings is 1. The Morgan fingerprint density at radius 3 is 2.45 bits per heavy atom. The average molecular weight is 393 g/mol. The molecule has 6 nitrogen and oxygen atoms in total. The number of carbonyl (C=O) groups is 2. The third-order valence-electron chi connectivity index (χ3n) is 5.61. The molecule has 1 unspecified atom stereocenters. The van der Waals surface area contributed by atoms with Crippen LogP contribution < -0.4 is 9.64 Å². The Kier molecular flexibility index (Phi) is 5.92. The lowest BCUT2D eigenvalue weighted by Gasteiger charge is -2.37. The number of imide groups is 1. The third-order valence-corrected chi connectivity index (χ3v) is 5.61. The van der Waals surface area contributed by atoms with E-state index < -0.39 is 0 Å². The molecule has 2 aliphatic rings. The fourth-order valence-corrected chi connectivity index (χ4v) is 4.13. The smallest absolute Gasteiger partial charge is 0.251 e. The number of amides is 2. The molecule has 0 N–H and O–H groups in total. The van der Waals surface area contributed by atoms with Gasteiger partial charge in [0.15, 0.2) is 0 Å². The molecule has 0 aromatic heterocycles. The number of benzene rings is 2. The minimum atomic E-state index is -0.364.